The number of carboxylic acids is 1. The van der Waals surface area contributed by atoms with Crippen molar-refractivity contribution < 1.29 is 9.90 Å². The van der Waals surface area contributed by atoms with Gasteiger partial charge in [-0.05, 0) is 19.3 Å². The SMILES string of the molecule is C=C=C(Cl)CCCCCCC(=O)O. The molecule has 0 aliphatic rings. The third-order valence-corrected chi connectivity index (χ3v) is 2.05. The number of rotatable bonds is 7. The summed E-state index contributed by atoms with van der Waals surface area (Å²) in [4.78, 5) is 10.1. The molecule has 0 spiro atoms. The molecule has 0 saturated carbocycles. The van der Waals surface area contributed by atoms with Crippen LogP contribution in [0.4, 0.5) is 0 Å². The Kier molecular flexibility index (Phi) is 7.47. The molecule has 13 heavy (non-hydrogen) atoms. The van der Waals surface area contributed by atoms with Crippen molar-refractivity contribution in [3.8, 4) is 0 Å². The quantitative estimate of drug-likeness (QED) is 0.508. The van der Waals surface area contributed by atoms with E-state index in [1.165, 1.54) is 0 Å². The Hall–Kier alpha value is -0.720. The summed E-state index contributed by atoms with van der Waals surface area (Å²) in [5.74, 6) is -0.719. The van der Waals surface area contributed by atoms with Gasteiger partial charge < -0.3 is 5.11 Å². The van der Waals surface area contributed by atoms with Crippen LogP contribution >= 0.6 is 11.6 Å². The first kappa shape index (κ1) is 12.3. The van der Waals surface area contributed by atoms with Gasteiger partial charge in [0.2, 0.25) is 0 Å². The van der Waals surface area contributed by atoms with Crippen molar-refractivity contribution in [3.05, 3.63) is 17.3 Å². The molecule has 0 fully saturated rings. The number of hydrogen-bond donors (Lipinski definition) is 1. The summed E-state index contributed by atoms with van der Waals surface area (Å²) < 4.78 is 0. The highest BCUT2D eigenvalue weighted by Gasteiger charge is 1.96. The average Bonchev–Trinajstić information content (AvgIpc) is 2.10. The van der Waals surface area contributed by atoms with Crippen molar-refractivity contribution in [2.75, 3.05) is 0 Å². The second-order valence-electron chi connectivity index (χ2n) is 2.89. The molecule has 74 valence electrons. The van der Waals surface area contributed by atoms with Crippen LogP contribution in [-0.2, 0) is 4.79 Å². The van der Waals surface area contributed by atoms with Crippen LogP contribution in [-0.4, -0.2) is 11.1 Å². The number of halogens is 1. The first-order valence-electron chi connectivity index (χ1n) is 4.43. The molecule has 0 heterocycles. The standard InChI is InChI=1S/C10H15ClO2/c1-2-9(11)7-5-3-4-6-8-10(12)13/h1,3-8H2,(H,12,13). The fraction of sp³-hybridized carbons (Fsp3) is 0.600. The Morgan fingerprint density at radius 3 is 2.23 bits per heavy atom. The predicted octanol–water partition coefficient (Wildman–Crippen LogP) is 3.32. The minimum absolute atomic E-state index is 0.269. The molecule has 0 aliphatic carbocycles. The van der Waals surface area contributed by atoms with Gasteiger partial charge in [0.15, 0.2) is 0 Å². The van der Waals surface area contributed by atoms with Crippen LogP contribution in [0.1, 0.15) is 38.5 Å². The minimum atomic E-state index is -0.719. The molecular formula is C10H15ClO2. The number of carboxylic acid groups (broad SMARTS) is 1. The summed E-state index contributed by atoms with van der Waals surface area (Å²) in [7, 11) is 0. The molecule has 0 aromatic heterocycles. The molecule has 0 atom stereocenters. The van der Waals surface area contributed by atoms with Crippen molar-refractivity contribution in [2.45, 2.75) is 38.5 Å². The van der Waals surface area contributed by atoms with Crippen LogP contribution in [0.25, 0.3) is 0 Å². The fourth-order valence-electron chi connectivity index (χ4n) is 0.998. The van der Waals surface area contributed by atoms with Gasteiger partial charge in [-0.25, -0.2) is 0 Å². The van der Waals surface area contributed by atoms with Gasteiger partial charge in [0.05, 0.1) is 5.03 Å². The highest BCUT2D eigenvalue weighted by molar-refractivity contribution is 6.29. The second-order valence-corrected chi connectivity index (χ2v) is 3.35. The molecule has 2 nitrogen and oxygen atoms in total. The second kappa shape index (κ2) is 7.90. The van der Waals surface area contributed by atoms with Gasteiger partial charge >= 0.3 is 5.97 Å². The van der Waals surface area contributed by atoms with Crippen LogP contribution in [0.5, 0.6) is 0 Å². The minimum Gasteiger partial charge on any atom is -0.481 e. The van der Waals surface area contributed by atoms with E-state index in [0.717, 1.165) is 32.1 Å². The van der Waals surface area contributed by atoms with E-state index in [0.29, 0.717) is 5.03 Å². The van der Waals surface area contributed by atoms with E-state index in [4.69, 9.17) is 16.7 Å². The fourth-order valence-corrected chi connectivity index (χ4v) is 1.13. The summed E-state index contributed by atoms with van der Waals surface area (Å²) in [5.41, 5.74) is 2.61. The van der Waals surface area contributed by atoms with Crippen molar-refractivity contribution in [1.82, 2.24) is 0 Å². The maximum Gasteiger partial charge on any atom is 0.303 e. The zero-order valence-electron chi connectivity index (χ0n) is 7.68. The largest absolute Gasteiger partial charge is 0.481 e. The molecule has 0 aromatic carbocycles. The third kappa shape index (κ3) is 9.19. The Bertz CT molecular complexity index is 205. The summed E-state index contributed by atoms with van der Waals surface area (Å²) >= 11 is 5.68. The number of aliphatic carboxylic acids is 1. The number of allylic oxidation sites excluding steroid dienone is 1. The van der Waals surface area contributed by atoms with Gasteiger partial charge in [0.1, 0.15) is 0 Å². The summed E-state index contributed by atoms with van der Waals surface area (Å²) in [6.45, 7) is 3.43. The van der Waals surface area contributed by atoms with Crippen LogP contribution in [0.3, 0.4) is 0 Å². The topological polar surface area (TPSA) is 37.3 Å². The molecule has 0 amide bonds. The zero-order valence-corrected chi connectivity index (χ0v) is 8.44. The summed E-state index contributed by atoms with van der Waals surface area (Å²) in [6, 6.07) is 0. The molecule has 0 aliphatic heterocycles. The van der Waals surface area contributed by atoms with Crippen molar-refractivity contribution in [2.24, 2.45) is 0 Å². The van der Waals surface area contributed by atoms with Gasteiger partial charge in [-0.15, -0.1) is 5.73 Å². The maximum absolute atomic E-state index is 10.1. The van der Waals surface area contributed by atoms with E-state index in [2.05, 4.69) is 12.3 Å². The molecule has 0 unspecified atom stereocenters. The number of hydrogen-bond acceptors (Lipinski definition) is 1. The Labute approximate surface area is 83.9 Å². The lowest BCUT2D eigenvalue weighted by molar-refractivity contribution is -0.137. The Balaban J connectivity index is 3.17. The van der Waals surface area contributed by atoms with E-state index < -0.39 is 5.97 Å². The van der Waals surface area contributed by atoms with E-state index in [9.17, 15) is 4.79 Å². The maximum atomic E-state index is 10.1. The average molecular weight is 203 g/mol. The van der Waals surface area contributed by atoms with E-state index in [1.807, 2.05) is 0 Å². The van der Waals surface area contributed by atoms with Crippen molar-refractivity contribution in [1.29, 1.82) is 0 Å². The zero-order chi connectivity index (χ0) is 10.1. The predicted molar refractivity (Wildman–Crippen MR) is 53.8 cm³/mol. The van der Waals surface area contributed by atoms with Crippen LogP contribution in [0.2, 0.25) is 0 Å². The van der Waals surface area contributed by atoms with Crippen molar-refractivity contribution in [3.63, 3.8) is 0 Å². The molecule has 1 N–H and O–H groups in total. The summed E-state index contributed by atoms with van der Waals surface area (Å²) in [5, 5.41) is 9.02. The van der Waals surface area contributed by atoms with Crippen molar-refractivity contribution >= 4 is 17.6 Å². The lowest BCUT2D eigenvalue weighted by atomic mass is 10.1. The first-order valence-corrected chi connectivity index (χ1v) is 4.81. The Morgan fingerprint density at radius 2 is 1.77 bits per heavy atom. The Morgan fingerprint density at radius 1 is 1.23 bits per heavy atom. The molecule has 3 heteroatoms. The van der Waals surface area contributed by atoms with Crippen LogP contribution < -0.4 is 0 Å². The molecular weight excluding hydrogens is 188 g/mol. The highest BCUT2D eigenvalue weighted by atomic mass is 35.5. The molecule has 0 aromatic rings. The number of carbonyl (C=O) groups is 1. The van der Waals surface area contributed by atoms with E-state index in [-0.39, 0.29) is 6.42 Å². The first-order chi connectivity index (χ1) is 6.16. The molecule has 0 radical (unpaired) electrons. The summed E-state index contributed by atoms with van der Waals surface area (Å²) in [6.07, 6.45) is 4.79. The molecule has 0 rings (SSSR count). The normalized spacial score (nSPS) is 9.31. The van der Waals surface area contributed by atoms with Crippen LogP contribution in [0, 0.1) is 0 Å². The molecule has 0 bridgehead atoms. The smallest absolute Gasteiger partial charge is 0.303 e. The van der Waals surface area contributed by atoms with Gasteiger partial charge in [-0.1, -0.05) is 31.0 Å². The third-order valence-electron chi connectivity index (χ3n) is 1.73. The monoisotopic (exact) mass is 202 g/mol. The lowest BCUT2D eigenvalue weighted by Gasteiger charge is -1.97. The van der Waals surface area contributed by atoms with Gasteiger partial charge in [0, 0.05) is 6.42 Å². The molecule has 0 saturated heterocycles. The van der Waals surface area contributed by atoms with Gasteiger partial charge in [0.25, 0.3) is 0 Å². The van der Waals surface area contributed by atoms with Gasteiger partial charge in [-0.2, -0.15) is 0 Å². The van der Waals surface area contributed by atoms with Crippen LogP contribution in [0.15, 0.2) is 17.3 Å². The highest BCUT2D eigenvalue weighted by Crippen LogP contribution is 2.12. The number of unbranched alkanes of at least 4 members (excludes halogenated alkanes) is 3. The van der Waals surface area contributed by atoms with Gasteiger partial charge in [-0.3, -0.25) is 4.79 Å². The van der Waals surface area contributed by atoms with E-state index in [1.54, 1.807) is 0 Å². The van der Waals surface area contributed by atoms with E-state index >= 15 is 0 Å². The lowest BCUT2D eigenvalue weighted by Crippen LogP contribution is -1.93.